The number of methoxy groups -OCH3 is 1. The number of rotatable bonds is 8. The standard InChI is InChI=1S/C26H34N6O2/c1-26(2,17-31(3)4)16-28-24(33)21-14-29-32(22(21)15-34-5)25-27-13-19-11-8-10-18-9-6-7-12-20(18)23(19)30-25/h6-7,9,12-14H,8,10-11,15-17H2,1-5H3,(H,28,33). The number of carbonyl (C=O) groups is 1. The van der Waals surface area contributed by atoms with Crippen molar-refractivity contribution in [2.24, 2.45) is 5.41 Å². The molecule has 0 saturated carbocycles. The lowest BCUT2D eigenvalue weighted by atomic mass is 9.93. The van der Waals surface area contributed by atoms with Crippen LogP contribution in [0.3, 0.4) is 0 Å². The van der Waals surface area contributed by atoms with Gasteiger partial charge in [-0.25, -0.2) is 9.97 Å². The van der Waals surface area contributed by atoms with Gasteiger partial charge in [-0.1, -0.05) is 38.1 Å². The molecule has 0 bridgehead atoms. The van der Waals surface area contributed by atoms with Crippen molar-refractivity contribution in [1.82, 2.24) is 30.0 Å². The smallest absolute Gasteiger partial charge is 0.254 e. The van der Waals surface area contributed by atoms with E-state index in [-0.39, 0.29) is 17.9 Å². The molecule has 1 N–H and O–H groups in total. The Morgan fingerprint density at radius 2 is 1.94 bits per heavy atom. The number of hydrogen-bond acceptors (Lipinski definition) is 6. The Labute approximate surface area is 201 Å². The van der Waals surface area contributed by atoms with E-state index in [1.165, 1.54) is 5.56 Å². The van der Waals surface area contributed by atoms with Gasteiger partial charge in [-0.05, 0) is 49.9 Å². The van der Waals surface area contributed by atoms with Crippen LogP contribution in [0.25, 0.3) is 17.2 Å². The Kier molecular flexibility index (Phi) is 7.09. The molecule has 0 fully saturated rings. The lowest BCUT2D eigenvalue weighted by Gasteiger charge is -2.28. The van der Waals surface area contributed by atoms with Crippen molar-refractivity contribution in [2.45, 2.75) is 39.7 Å². The minimum absolute atomic E-state index is 0.0654. The highest BCUT2D eigenvalue weighted by molar-refractivity contribution is 5.95. The molecule has 0 atom stereocenters. The molecule has 0 spiro atoms. The minimum atomic E-state index is -0.176. The number of amides is 1. The fraction of sp³-hybridized carbons (Fsp3) is 0.462. The summed E-state index contributed by atoms with van der Waals surface area (Å²) in [6.45, 7) is 5.90. The number of ether oxygens (including phenoxy) is 1. The van der Waals surface area contributed by atoms with E-state index in [2.05, 4.69) is 52.3 Å². The summed E-state index contributed by atoms with van der Waals surface area (Å²) in [5.74, 6) is 0.264. The van der Waals surface area contributed by atoms with Crippen LogP contribution >= 0.6 is 0 Å². The van der Waals surface area contributed by atoms with Gasteiger partial charge in [0.2, 0.25) is 0 Å². The Hall–Kier alpha value is -3.10. The molecule has 34 heavy (non-hydrogen) atoms. The van der Waals surface area contributed by atoms with E-state index >= 15 is 0 Å². The molecule has 0 saturated heterocycles. The van der Waals surface area contributed by atoms with Crippen LogP contribution in [0.2, 0.25) is 0 Å². The molecule has 4 rings (SSSR count). The molecule has 1 aliphatic rings. The van der Waals surface area contributed by atoms with Crippen molar-refractivity contribution in [3.8, 4) is 17.2 Å². The van der Waals surface area contributed by atoms with Gasteiger partial charge in [-0.2, -0.15) is 9.78 Å². The van der Waals surface area contributed by atoms with Crippen molar-refractivity contribution in [1.29, 1.82) is 0 Å². The molecule has 8 heteroatoms. The van der Waals surface area contributed by atoms with Crippen molar-refractivity contribution >= 4 is 5.91 Å². The third-order valence-corrected chi connectivity index (χ3v) is 6.07. The molecule has 180 valence electrons. The van der Waals surface area contributed by atoms with Gasteiger partial charge in [0.15, 0.2) is 0 Å². The van der Waals surface area contributed by atoms with Crippen LogP contribution in [0.5, 0.6) is 0 Å². The van der Waals surface area contributed by atoms with Crippen LogP contribution in [-0.4, -0.2) is 64.9 Å². The van der Waals surface area contributed by atoms with E-state index in [0.29, 0.717) is 23.8 Å². The normalized spacial score (nSPS) is 13.4. The third kappa shape index (κ3) is 5.18. The molecular weight excluding hydrogens is 428 g/mol. The summed E-state index contributed by atoms with van der Waals surface area (Å²) in [4.78, 5) is 24.7. The number of carbonyl (C=O) groups excluding carboxylic acids is 1. The Bertz CT molecular complexity index is 1170. The van der Waals surface area contributed by atoms with Gasteiger partial charge in [0.1, 0.15) is 0 Å². The Balaban J connectivity index is 1.66. The highest BCUT2D eigenvalue weighted by Crippen LogP contribution is 2.31. The summed E-state index contributed by atoms with van der Waals surface area (Å²) in [7, 11) is 5.67. The number of nitrogens with one attached hydrogen (secondary N) is 1. The summed E-state index contributed by atoms with van der Waals surface area (Å²) in [6, 6.07) is 8.39. The monoisotopic (exact) mass is 462 g/mol. The Morgan fingerprint density at radius 1 is 1.18 bits per heavy atom. The number of aromatic nitrogens is 4. The summed E-state index contributed by atoms with van der Waals surface area (Å²) in [6.07, 6.45) is 6.49. The molecule has 0 radical (unpaired) electrons. The largest absolute Gasteiger partial charge is 0.378 e. The van der Waals surface area contributed by atoms with E-state index in [4.69, 9.17) is 9.72 Å². The molecule has 1 aliphatic carbocycles. The molecule has 0 aliphatic heterocycles. The molecule has 3 aromatic rings. The maximum Gasteiger partial charge on any atom is 0.254 e. The SMILES string of the molecule is COCc1c(C(=O)NCC(C)(C)CN(C)C)cnn1-c1ncc2c(n1)-c1ccccc1CCC2. The molecule has 8 nitrogen and oxygen atoms in total. The molecule has 1 aromatic carbocycles. The molecular formula is C26H34N6O2. The topological polar surface area (TPSA) is 85.2 Å². The van der Waals surface area contributed by atoms with E-state index in [0.717, 1.165) is 42.6 Å². The van der Waals surface area contributed by atoms with Crippen molar-refractivity contribution in [3.05, 3.63) is 59.0 Å². The van der Waals surface area contributed by atoms with E-state index in [1.807, 2.05) is 26.4 Å². The zero-order chi connectivity index (χ0) is 24.3. The van der Waals surface area contributed by atoms with Crippen LogP contribution in [-0.2, 0) is 24.2 Å². The van der Waals surface area contributed by atoms with Gasteiger partial charge in [0, 0.05) is 32.0 Å². The second-order valence-electron chi connectivity index (χ2n) is 9.99. The second-order valence-corrected chi connectivity index (χ2v) is 9.99. The van der Waals surface area contributed by atoms with Crippen molar-refractivity contribution < 1.29 is 9.53 Å². The average Bonchev–Trinajstić information content (AvgIpc) is 3.12. The van der Waals surface area contributed by atoms with Gasteiger partial charge in [-0.3, -0.25) is 4.79 Å². The van der Waals surface area contributed by atoms with Gasteiger partial charge in [0.25, 0.3) is 11.9 Å². The third-order valence-electron chi connectivity index (χ3n) is 6.07. The zero-order valence-corrected chi connectivity index (χ0v) is 20.8. The molecule has 1 amide bonds. The van der Waals surface area contributed by atoms with Gasteiger partial charge in [0.05, 0.1) is 29.8 Å². The number of aryl methyl sites for hydroxylation is 2. The molecule has 2 heterocycles. The van der Waals surface area contributed by atoms with Crippen molar-refractivity contribution in [2.75, 3.05) is 34.3 Å². The predicted octanol–water partition coefficient (Wildman–Crippen LogP) is 3.28. The lowest BCUT2D eigenvalue weighted by molar-refractivity contribution is 0.0924. The van der Waals surface area contributed by atoms with Crippen molar-refractivity contribution in [3.63, 3.8) is 0 Å². The second kappa shape index (κ2) is 10.0. The highest BCUT2D eigenvalue weighted by atomic mass is 16.5. The number of nitrogens with zero attached hydrogens (tertiary/aromatic N) is 5. The predicted molar refractivity (Wildman–Crippen MR) is 132 cm³/mol. The maximum absolute atomic E-state index is 13.1. The zero-order valence-electron chi connectivity index (χ0n) is 20.8. The van der Waals surface area contributed by atoms with Crippen LogP contribution in [0, 0.1) is 5.41 Å². The summed E-state index contributed by atoms with van der Waals surface area (Å²) in [5, 5.41) is 7.55. The van der Waals surface area contributed by atoms with Crippen LogP contribution in [0.15, 0.2) is 36.7 Å². The number of hydrogen-bond donors (Lipinski definition) is 1. The van der Waals surface area contributed by atoms with Gasteiger partial charge in [-0.15, -0.1) is 0 Å². The van der Waals surface area contributed by atoms with Gasteiger partial charge >= 0.3 is 0 Å². The van der Waals surface area contributed by atoms with E-state index < -0.39 is 0 Å². The molecule has 2 aromatic heterocycles. The maximum atomic E-state index is 13.1. The fourth-order valence-corrected chi connectivity index (χ4v) is 4.69. The number of benzene rings is 1. The van der Waals surface area contributed by atoms with Crippen LogP contribution < -0.4 is 5.32 Å². The number of fused-ring (bicyclic) bond motifs is 3. The lowest BCUT2D eigenvalue weighted by Crippen LogP contribution is -2.40. The Morgan fingerprint density at radius 3 is 2.71 bits per heavy atom. The summed E-state index contributed by atoms with van der Waals surface area (Å²) in [5.41, 5.74) is 5.55. The van der Waals surface area contributed by atoms with Crippen LogP contribution in [0.1, 0.15) is 47.4 Å². The average molecular weight is 463 g/mol. The first kappa shape index (κ1) is 24.0. The minimum Gasteiger partial charge on any atom is -0.378 e. The van der Waals surface area contributed by atoms with E-state index in [1.54, 1.807) is 18.0 Å². The first-order valence-corrected chi connectivity index (χ1v) is 11.7. The van der Waals surface area contributed by atoms with Gasteiger partial charge < -0.3 is 15.0 Å². The fourth-order valence-electron chi connectivity index (χ4n) is 4.69. The first-order chi connectivity index (χ1) is 16.3. The summed E-state index contributed by atoms with van der Waals surface area (Å²) >= 11 is 0. The van der Waals surface area contributed by atoms with E-state index in [9.17, 15) is 4.79 Å². The molecule has 0 unspecified atom stereocenters. The highest BCUT2D eigenvalue weighted by Gasteiger charge is 2.25. The van der Waals surface area contributed by atoms with Crippen LogP contribution in [0.4, 0.5) is 0 Å². The quantitative estimate of drug-likeness (QED) is 0.553. The summed E-state index contributed by atoms with van der Waals surface area (Å²) < 4.78 is 7.05. The first-order valence-electron chi connectivity index (χ1n) is 11.7.